The van der Waals surface area contributed by atoms with E-state index in [9.17, 15) is 9.59 Å². The van der Waals surface area contributed by atoms with E-state index in [-0.39, 0.29) is 17.1 Å². The topological polar surface area (TPSA) is 76.5 Å². The third kappa shape index (κ3) is 5.57. The number of hydrogen-bond acceptors (Lipinski definition) is 5. The number of nitrogens with one attached hydrogen (secondary N) is 1. The Morgan fingerprint density at radius 1 is 1.15 bits per heavy atom. The van der Waals surface area contributed by atoms with Crippen LogP contribution in [0.3, 0.4) is 0 Å². The van der Waals surface area contributed by atoms with Crippen molar-refractivity contribution in [2.24, 2.45) is 0 Å². The summed E-state index contributed by atoms with van der Waals surface area (Å²) in [5, 5.41) is 3.76. The summed E-state index contributed by atoms with van der Waals surface area (Å²) < 4.78 is 7.43. The molecule has 1 saturated heterocycles. The molecular formula is C31H39ClN4O3. The number of hydrogen-bond donors (Lipinski definition) is 1. The number of fused-ring (bicyclic) bond motifs is 5. The summed E-state index contributed by atoms with van der Waals surface area (Å²) in [5.41, 5.74) is 3.34. The van der Waals surface area contributed by atoms with E-state index in [0.717, 1.165) is 62.3 Å². The minimum atomic E-state index is -0.468. The Hall–Kier alpha value is -2.90. The summed E-state index contributed by atoms with van der Waals surface area (Å²) in [6, 6.07) is 12.4. The Bertz CT molecular complexity index is 1450. The number of alkyl carbamates (subject to hydrolysis) is 1. The zero-order chi connectivity index (χ0) is 27.9. The Morgan fingerprint density at radius 2 is 1.90 bits per heavy atom. The van der Waals surface area contributed by atoms with Crippen LogP contribution in [0.5, 0.6) is 0 Å². The van der Waals surface area contributed by atoms with Crippen molar-refractivity contribution in [1.82, 2.24) is 19.8 Å². The van der Waals surface area contributed by atoms with Crippen LogP contribution >= 0.6 is 11.6 Å². The molecule has 2 aromatic carbocycles. The van der Waals surface area contributed by atoms with E-state index in [1.54, 1.807) is 6.07 Å². The van der Waals surface area contributed by atoms with E-state index in [4.69, 9.17) is 16.3 Å². The molecule has 0 radical (unpaired) electrons. The molecule has 1 aromatic heterocycles. The zero-order valence-corrected chi connectivity index (χ0v) is 24.4. The summed E-state index contributed by atoms with van der Waals surface area (Å²) in [5.74, 6) is 1.26. The van der Waals surface area contributed by atoms with Gasteiger partial charge >= 0.3 is 6.09 Å². The van der Waals surface area contributed by atoms with E-state index in [1.165, 1.54) is 11.1 Å². The maximum Gasteiger partial charge on any atom is 0.407 e. The smallest absolute Gasteiger partial charge is 0.407 e. The standard InChI is InChI=1S/C31H39ClN4O3/c1-30(2,3)39-29(38)33-15-6-7-16-35-17-13-20(14-18-35)21-11-12-22-25(19-21)36-24-10-8-9-23(32)26(24)27(37)34-28(36)31(22,4)5/h8-12,19-20H,6-7,13-18H2,1-5H3,(H,33,38). The van der Waals surface area contributed by atoms with Crippen LogP contribution in [0.4, 0.5) is 4.79 Å². The summed E-state index contributed by atoms with van der Waals surface area (Å²) in [7, 11) is 0. The minimum absolute atomic E-state index is 0.268. The van der Waals surface area contributed by atoms with Crippen LogP contribution in [-0.4, -0.2) is 52.3 Å². The van der Waals surface area contributed by atoms with Crippen LogP contribution in [0, 0.1) is 0 Å². The molecule has 3 heterocycles. The highest BCUT2D eigenvalue weighted by Crippen LogP contribution is 2.44. The predicted octanol–water partition coefficient (Wildman–Crippen LogP) is 6.16. The molecule has 8 heteroatoms. The van der Waals surface area contributed by atoms with Crippen molar-refractivity contribution >= 4 is 28.6 Å². The lowest BCUT2D eigenvalue weighted by Gasteiger charge is -2.32. The van der Waals surface area contributed by atoms with E-state index in [0.29, 0.717) is 22.9 Å². The first kappa shape index (κ1) is 27.7. The minimum Gasteiger partial charge on any atom is -0.444 e. The van der Waals surface area contributed by atoms with Gasteiger partial charge in [0.25, 0.3) is 5.56 Å². The van der Waals surface area contributed by atoms with Gasteiger partial charge in [-0.25, -0.2) is 4.79 Å². The maximum atomic E-state index is 12.9. The van der Waals surface area contributed by atoms with Crippen molar-refractivity contribution in [2.75, 3.05) is 26.2 Å². The molecule has 2 aliphatic rings. The normalized spacial score (nSPS) is 17.2. The third-order valence-corrected chi connectivity index (χ3v) is 8.30. The number of rotatable bonds is 6. The van der Waals surface area contributed by atoms with Gasteiger partial charge in [-0.05, 0) is 115 Å². The van der Waals surface area contributed by atoms with Crippen molar-refractivity contribution < 1.29 is 9.53 Å². The molecule has 7 nitrogen and oxygen atoms in total. The fourth-order valence-electron chi connectivity index (χ4n) is 5.98. The van der Waals surface area contributed by atoms with Crippen LogP contribution in [0.2, 0.25) is 5.02 Å². The lowest BCUT2D eigenvalue weighted by Crippen LogP contribution is -2.35. The lowest BCUT2D eigenvalue weighted by atomic mass is 9.83. The fraction of sp³-hybridized carbons (Fsp3) is 0.516. The van der Waals surface area contributed by atoms with E-state index in [1.807, 2.05) is 32.9 Å². The summed E-state index contributed by atoms with van der Waals surface area (Å²) in [4.78, 5) is 31.7. The highest BCUT2D eigenvalue weighted by Gasteiger charge is 2.39. The van der Waals surface area contributed by atoms with Crippen molar-refractivity contribution in [3.05, 3.63) is 68.7 Å². The van der Waals surface area contributed by atoms with Gasteiger partial charge in [0.05, 0.1) is 27.0 Å². The van der Waals surface area contributed by atoms with Gasteiger partial charge < -0.3 is 15.0 Å². The van der Waals surface area contributed by atoms with Gasteiger partial charge in [0.15, 0.2) is 0 Å². The molecule has 1 N–H and O–H groups in total. The van der Waals surface area contributed by atoms with Crippen molar-refractivity contribution in [1.29, 1.82) is 0 Å². The molecular weight excluding hydrogens is 512 g/mol. The van der Waals surface area contributed by atoms with Crippen LogP contribution in [0.1, 0.15) is 83.2 Å². The molecule has 39 heavy (non-hydrogen) atoms. The number of nitrogens with zero attached hydrogens (tertiary/aromatic N) is 3. The molecule has 5 rings (SSSR count). The molecule has 2 aliphatic heterocycles. The Balaban J connectivity index is 1.24. The number of aromatic nitrogens is 2. The second kappa shape index (κ2) is 10.6. The average Bonchev–Trinajstić information content (AvgIpc) is 3.09. The van der Waals surface area contributed by atoms with Gasteiger partial charge in [-0.15, -0.1) is 0 Å². The van der Waals surface area contributed by atoms with Gasteiger partial charge in [-0.2, -0.15) is 4.98 Å². The Morgan fingerprint density at radius 3 is 2.62 bits per heavy atom. The van der Waals surface area contributed by atoms with Gasteiger partial charge in [0.1, 0.15) is 11.4 Å². The summed E-state index contributed by atoms with van der Waals surface area (Å²) in [6.07, 6.45) is 3.86. The van der Waals surface area contributed by atoms with Crippen LogP contribution in [0.15, 0.2) is 41.2 Å². The molecule has 0 unspecified atom stereocenters. The van der Waals surface area contributed by atoms with E-state index in [2.05, 4.69) is 51.8 Å². The van der Waals surface area contributed by atoms with Gasteiger partial charge in [-0.3, -0.25) is 9.36 Å². The highest BCUT2D eigenvalue weighted by molar-refractivity contribution is 6.35. The molecule has 0 atom stereocenters. The SMILES string of the molecule is CC(C)(C)OC(=O)NCCCCN1CCC(c2ccc3c(c2)-n2c(nc(=O)c4c(Cl)cccc42)C3(C)C)CC1. The average molecular weight is 551 g/mol. The molecule has 0 bridgehead atoms. The maximum absolute atomic E-state index is 12.9. The number of unbranched alkanes of at least 4 members (excludes halogenated alkanes) is 1. The highest BCUT2D eigenvalue weighted by atomic mass is 35.5. The fourth-order valence-corrected chi connectivity index (χ4v) is 6.23. The first-order valence-electron chi connectivity index (χ1n) is 14.0. The molecule has 1 amide bonds. The predicted molar refractivity (Wildman–Crippen MR) is 156 cm³/mol. The van der Waals surface area contributed by atoms with Crippen LogP contribution in [0.25, 0.3) is 16.6 Å². The third-order valence-electron chi connectivity index (χ3n) is 7.99. The van der Waals surface area contributed by atoms with Gasteiger partial charge in [0.2, 0.25) is 0 Å². The van der Waals surface area contributed by atoms with Gasteiger partial charge in [0, 0.05) is 6.54 Å². The number of halogens is 1. The number of ether oxygens (including phenoxy) is 1. The lowest BCUT2D eigenvalue weighted by molar-refractivity contribution is 0.0526. The molecule has 1 fully saturated rings. The first-order chi connectivity index (χ1) is 18.5. The number of carbonyl (C=O) groups is 1. The van der Waals surface area contributed by atoms with Crippen LogP contribution < -0.4 is 10.9 Å². The number of amides is 1. The number of benzene rings is 2. The molecule has 0 spiro atoms. The quantitative estimate of drug-likeness (QED) is 0.372. The second-order valence-electron chi connectivity index (χ2n) is 12.4. The van der Waals surface area contributed by atoms with Crippen LogP contribution in [-0.2, 0) is 10.2 Å². The van der Waals surface area contributed by atoms with Gasteiger partial charge in [-0.1, -0.05) is 29.8 Å². The molecule has 0 aliphatic carbocycles. The first-order valence-corrected chi connectivity index (χ1v) is 14.4. The van der Waals surface area contributed by atoms with Crippen molar-refractivity contribution in [2.45, 2.75) is 77.2 Å². The number of piperidine rings is 1. The Kier molecular flexibility index (Phi) is 7.51. The number of carbonyl (C=O) groups excluding carboxylic acids is 1. The Labute approximate surface area is 235 Å². The van der Waals surface area contributed by atoms with E-state index < -0.39 is 5.60 Å². The summed E-state index contributed by atoms with van der Waals surface area (Å²) in [6.45, 7) is 13.7. The molecule has 208 valence electrons. The van der Waals surface area contributed by atoms with E-state index >= 15 is 0 Å². The number of likely N-dealkylation sites (tertiary alicyclic amines) is 1. The van der Waals surface area contributed by atoms with Crippen molar-refractivity contribution in [3.63, 3.8) is 0 Å². The summed E-state index contributed by atoms with van der Waals surface area (Å²) >= 11 is 6.44. The largest absolute Gasteiger partial charge is 0.444 e. The van der Waals surface area contributed by atoms with Crippen molar-refractivity contribution in [3.8, 4) is 5.69 Å². The molecule has 3 aromatic rings. The monoisotopic (exact) mass is 550 g/mol. The molecule has 0 saturated carbocycles. The second-order valence-corrected chi connectivity index (χ2v) is 12.8. The zero-order valence-electron chi connectivity index (χ0n) is 23.6.